The molecule has 2 aromatic rings. The minimum absolute atomic E-state index is 0.0472. The molecule has 5 heteroatoms. The molecule has 124 valence electrons. The second kappa shape index (κ2) is 8.36. The molecule has 1 amide bonds. The van der Waals surface area contributed by atoms with E-state index in [-0.39, 0.29) is 12.5 Å². The highest BCUT2D eigenvalue weighted by Gasteiger charge is 2.06. The molecule has 0 atom stereocenters. The summed E-state index contributed by atoms with van der Waals surface area (Å²) >= 11 is 0. The van der Waals surface area contributed by atoms with Crippen LogP contribution in [0.15, 0.2) is 36.9 Å². The van der Waals surface area contributed by atoms with Crippen LogP contribution < -0.4 is 10.1 Å². The highest BCUT2D eigenvalue weighted by molar-refractivity contribution is 5.77. The maximum atomic E-state index is 11.8. The second-order valence-electron chi connectivity index (χ2n) is 5.97. The van der Waals surface area contributed by atoms with Crippen molar-refractivity contribution in [2.45, 2.75) is 39.7 Å². The van der Waals surface area contributed by atoms with Crippen LogP contribution in [0.5, 0.6) is 5.75 Å². The average molecular weight is 315 g/mol. The van der Waals surface area contributed by atoms with Crippen LogP contribution in [0, 0.1) is 6.92 Å². The van der Waals surface area contributed by atoms with Gasteiger partial charge in [-0.1, -0.05) is 19.9 Å². The molecule has 0 unspecified atom stereocenters. The van der Waals surface area contributed by atoms with Crippen molar-refractivity contribution >= 4 is 5.91 Å². The Hall–Kier alpha value is -2.30. The highest BCUT2D eigenvalue weighted by atomic mass is 16.5. The van der Waals surface area contributed by atoms with Crippen LogP contribution in [0.4, 0.5) is 0 Å². The maximum absolute atomic E-state index is 11.8. The van der Waals surface area contributed by atoms with Crippen molar-refractivity contribution in [1.82, 2.24) is 14.9 Å². The zero-order valence-corrected chi connectivity index (χ0v) is 14.1. The topological polar surface area (TPSA) is 56.1 Å². The molecule has 1 aromatic carbocycles. The van der Waals surface area contributed by atoms with Gasteiger partial charge in [0.05, 0.1) is 6.33 Å². The monoisotopic (exact) mass is 315 g/mol. The number of carbonyl (C=O) groups excluding carboxylic acids is 1. The van der Waals surface area contributed by atoms with Crippen molar-refractivity contribution in [3.63, 3.8) is 0 Å². The molecule has 1 N–H and O–H groups in total. The van der Waals surface area contributed by atoms with Crippen LogP contribution >= 0.6 is 0 Å². The van der Waals surface area contributed by atoms with Crippen molar-refractivity contribution in [3.05, 3.63) is 48.0 Å². The lowest BCUT2D eigenvalue weighted by molar-refractivity contribution is -0.123. The van der Waals surface area contributed by atoms with Gasteiger partial charge in [0.1, 0.15) is 5.75 Å². The van der Waals surface area contributed by atoms with Crippen molar-refractivity contribution in [3.8, 4) is 5.75 Å². The van der Waals surface area contributed by atoms with E-state index in [1.54, 1.807) is 12.5 Å². The summed E-state index contributed by atoms with van der Waals surface area (Å²) in [6, 6.07) is 5.98. The number of hydrogen-bond acceptors (Lipinski definition) is 3. The molecule has 0 saturated carbocycles. The standard InChI is InChI=1S/C18H25N3O2/c1-14(2)17-6-5-16(11-15(17)3)23-12-18(22)20-7-4-9-21-10-8-19-13-21/h5-6,8,10-11,13-14H,4,7,9,12H2,1-3H3,(H,20,22). The molecule has 0 bridgehead atoms. The summed E-state index contributed by atoms with van der Waals surface area (Å²) in [5, 5.41) is 2.86. The van der Waals surface area contributed by atoms with Crippen molar-refractivity contribution in [2.75, 3.05) is 13.2 Å². The van der Waals surface area contributed by atoms with E-state index in [0.29, 0.717) is 12.5 Å². The lowest BCUT2D eigenvalue weighted by Crippen LogP contribution is -2.30. The SMILES string of the molecule is Cc1cc(OCC(=O)NCCCn2ccnc2)ccc1C(C)C. The van der Waals surface area contributed by atoms with Crippen LogP contribution in [0.3, 0.4) is 0 Å². The first-order valence-corrected chi connectivity index (χ1v) is 8.02. The fourth-order valence-electron chi connectivity index (χ4n) is 2.49. The molecule has 0 aliphatic heterocycles. The smallest absolute Gasteiger partial charge is 0.257 e. The van der Waals surface area contributed by atoms with E-state index in [9.17, 15) is 4.79 Å². The molecule has 0 spiro atoms. The van der Waals surface area contributed by atoms with Crippen molar-refractivity contribution in [1.29, 1.82) is 0 Å². The minimum Gasteiger partial charge on any atom is -0.484 e. The number of aromatic nitrogens is 2. The van der Waals surface area contributed by atoms with Gasteiger partial charge in [-0.3, -0.25) is 4.79 Å². The normalized spacial score (nSPS) is 10.8. The van der Waals surface area contributed by atoms with Gasteiger partial charge in [-0.25, -0.2) is 4.98 Å². The number of hydrogen-bond donors (Lipinski definition) is 1. The average Bonchev–Trinajstić information content (AvgIpc) is 3.02. The van der Waals surface area contributed by atoms with E-state index in [1.165, 1.54) is 11.1 Å². The van der Waals surface area contributed by atoms with E-state index in [2.05, 4.69) is 37.1 Å². The van der Waals surface area contributed by atoms with E-state index in [4.69, 9.17) is 4.74 Å². The zero-order chi connectivity index (χ0) is 16.7. The Balaban J connectivity index is 1.68. The Kier molecular flexibility index (Phi) is 6.20. The first-order chi connectivity index (χ1) is 11.1. The largest absolute Gasteiger partial charge is 0.484 e. The van der Waals surface area contributed by atoms with Crippen LogP contribution in [-0.4, -0.2) is 28.6 Å². The fraction of sp³-hybridized carbons (Fsp3) is 0.444. The number of rotatable bonds is 8. The van der Waals surface area contributed by atoms with Gasteiger partial charge < -0.3 is 14.6 Å². The van der Waals surface area contributed by atoms with Gasteiger partial charge in [0.15, 0.2) is 6.61 Å². The van der Waals surface area contributed by atoms with E-state index >= 15 is 0 Å². The predicted octanol–water partition coefficient (Wildman–Crippen LogP) is 2.90. The molecular weight excluding hydrogens is 290 g/mol. The molecule has 1 aromatic heterocycles. The van der Waals surface area contributed by atoms with Crippen LogP contribution in [0.1, 0.15) is 37.3 Å². The third kappa shape index (κ3) is 5.43. The number of benzene rings is 1. The quantitative estimate of drug-likeness (QED) is 0.762. The molecule has 2 rings (SSSR count). The van der Waals surface area contributed by atoms with Gasteiger partial charge in [0, 0.05) is 25.5 Å². The molecule has 5 nitrogen and oxygen atoms in total. The number of carbonyl (C=O) groups is 1. The summed E-state index contributed by atoms with van der Waals surface area (Å²) in [7, 11) is 0. The van der Waals surface area contributed by atoms with E-state index < -0.39 is 0 Å². The Morgan fingerprint density at radius 3 is 2.87 bits per heavy atom. The number of imidazole rings is 1. The maximum Gasteiger partial charge on any atom is 0.257 e. The van der Waals surface area contributed by atoms with Gasteiger partial charge in [0.2, 0.25) is 0 Å². The van der Waals surface area contributed by atoms with Crippen LogP contribution in [-0.2, 0) is 11.3 Å². The third-order valence-electron chi connectivity index (χ3n) is 3.71. The van der Waals surface area contributed by atoms with Gasteiger partial charge in [0.25, 0.3) is 5.91 Å². The van der Waals surface area contributed by atoms with Gasteiger partial charge in [-0.15, -0.1) is 0 Å². The molecule has 0 radical (unpaired) electrons. The predicted molar refractivity (Wildman–Crippen MR) is 90.6 cm³/mol. The molecule has 0 aliphatic rings. The second-order valence-corrected chi connectivity index (χ2v) is 5.97. The van der Waals surface area contributed by atoms with E-state index in [0.717, 1.165) is 18.7 Å². The lowest BCUT2D eigenvalue weighted by atomic mass is 9.98. The first kappa shape index (κ1) is 17.1. The molecule has 0 aliphatic carbocycles. The van der Waals surface area contributed by atoms with E-state index in [1.807, 2.05) is 22.9 Å². The number of aryl methyl sites for hydroxylation is 2. The highest BCUT2D eigenvalue weighted by Crippen LogP contribution is 2.23. The molecule has 1 heterocycles. The Labute approximate surface area is 137 Å². The summed E-state index contributed by atoms with van der Waals surface area (Å²) in [6.07, 6.45) is 6.30. The third-order valence-corrected chi connectivity index (χ3v) is 3.71. The summed E-state index contributed by atoms with van der Waals surface area (Å²) in [6.45, 7) is 7.92. The van der Waals surface area contributed by atoms with Gasteiger partial charge in [-0.05, 0) is 42.5 Å². The summed E-state index contributed by atoms with van der Waals surface area (Å²) in [5.41, 5.74) is 2.50. The summed E-state index contributed by atoms with van der Waals surface area (Å²) in [5.74, 6) is 1.13. The van der Waals surface area contributed by atoms with Crippen LogP contribution in [0.2, 0.25) is 0 Å². The molecule has 23 heavy (non-hydrogen) atoms. The fourth-order valence-corrected chi connectivity index (χ4v) is 2.49. The Morgan fingerprint density at radius 2 is 2.22 bits per heavy atom. The Bertz CT molecular complexity index is 621. The van der Waals surface area contributed by atoms with Crippen LogP contribution in [0.25, 0.3) is 0 Å². The number of nitrogens with zero attached hydrogens (tertiary/aromatic N) is 2. The number of nitrogens with one attached hydrogen (secondary N) is 1. The number of amides is 1. The zero-order valence-electron chi connectivity index (χ0n) is 14.1. The Morgan fingerprint density at radius 1 is 1.39 bits per heavy atom. The van der Waals surface area contributed by atoms with Gasteiger partial charge in [-0.2, -0.15) is 0 Å². The molecule has 0 fully saturated rings. The first-order valence-electron chi connectivity index (χ1n) is 8.02. The molecule has 0 saturated heterocycles. The minimum atomic E-state index is -0.0961. The number of ether oxygens (including phenoxy) is 1. The summed E-state index contributed by atoms with van der Waals surface area (Å²) < 4.78 is 7.55. The van der Waals surface area contributed by atoms with Crippen molar-refractivity contribution in [2.24, 2.45) is 0 Å². The lowest BCUT2D eigenvalue weighted by Gasteiger charge is -2.12. The van der Waals surface area contributed by atoms with Crippen molar-refractivity contribution < 1.29 is 9.53 Å². The summed E-state index contributed by atoms with van der Waals surface area (Å²) in [4.78, 5) is 15.8. The van der Waals surface area contributed by atoms with Gasteiger partial charge >= 0.3 is 0 Å². The molecular formula is C18H25N3O2.